The van der Waals surface area contributed by atoms with Gasteiger partial charge in [0.15, 0.2) is 0 Å². The summed E-state index contributed by atoms with van der Waals surface area (Å²) in [6.45, 7) is 0. The lowest BCUT2D eigenvalue weighted by Crippen LogP contribution is -2.07. The molecule has 1 nitrogen and oxygen atoms in total. The molecule has 1 unspecified atom stereocenters. The van der Waals surface area contributed by atoms with Crippen molar-refractivity contribution in [3.05, 3.63) is 127 Å². The van der Waals surface area contributed by atoms with Crippen LogP contribution in [-0.4, -0.2) is 0 Å². The highest BCUT2D eigenvalue weighted by Crippen LogP contribution is 2.47. The van der Waals surface area contributed by atoms with Crippen molar-refractivity contribution < 1.29 is 0 Å². The van der Waals surface area contributed by atoms with E-state index in [4.69, 9.17) is 5.73 Å². The van der Waals surface area contributed by atoms with Gasteiger partial charge in [-0.15, -0.1) is 0 Å². The number of benzene rings is 4. The van der Waals surface area contributed by atoms with Crippen LogP contribution in [0.2, 0.25) is 0 Å². The molecule has 4 aromatic rings. The summed E-state index contributed by atoms with van der Waals surface area (Å²) in [4.78, 5) is 0. The van der Waals surface area contributed by atoms with Gasteiger partial charge in [-0.25, -0.2) is 0 Å². The van der Waals surface area contributed by atoms with E-state index in [9.17, 15) is 0 Å². The minimum atomic E-state index is 0.242. The SMILES string of the molecule is Nc1c(-c2ccccc2)cc(-c2ccccc2)c(-c2ccccc2)c1C1C=CC=CC1. The van der Waals surface area contributed by atoms with Gasteiger partial charge in [0.1, 0.15) is 0 Å². The van der Waals surface area contributed by atoms with Crippen molar-refractivity contribution in [3.63, 3.8) is 0 Å². The summed E-state index contributed by atoms with van der Waals surface area (Å²) in [5, 5.41) is 0. The summed E-state index contributed by atoms with van der Waals surface area (Å²) in [5.41, 5.74) is 16.2. The van der Waals surface area contributed by atoms with E-state index in [1.807, 2.05) is 6.07 Å². The summed E-state index contributed by atoms with van der Waals surface area (Å²) in [6, 6.07) is 34.1. The van der Waals surface area contributed by atoms with Crippen LogP contribution in [0.25, 0.3) is 33.4 Å². The Morgan fingerprint density at radius 3 is 1.71 bits per heavy atom. The minimum Gasteiger partial charge on any atom is -0.398 e. The molecule has 1 atom stereocenters. The molecule has 1 heteroatoms. The molecule has 5 rings (SSSR count). The average molecular weight is 400 g/mol. The van der Waals surface area contributed by atoms with E-state index in [-0.39, 0.29) is 5.92 Å². The zero-order chi connectivity index (χ0) is 21.0. The molecular formula is C30H25N. The van der Waals surface area contributed by atoms with Crippen LogP contribution in [0, 0.1) is 0 Å². The van der Waals surface area contributed by atoms with Crippen LogP contribution in [0.1, 0.15) is 17.9 Å². The number of allylic oxidation sites excluding steroid dienone is 4. The smallest absolute Gasteiger partial charge is 0.0439 e. The Kier molecular flexibility index (Phi) is 5.24. The average Bonchev–Trinajstić information content (AvgIpc) is 2.86. The van der Waals surface area contributed by atoms with Crippen molar-refractivity contribution in [1.82, 2.24) is 0 Å². The van der Waals surface area contributed by atoms with Crippen molar-refractivity contribution in [2.75, 3.05) is 5.73 Å². The van der Waals surface area contributed by atoms with E-state index in [1.54, 1.807) is 0 Å². The molecule has 31 heavy (non-hydrogen) atoms. The molecule has 0 fully saturated rings. The Hall–Kier alpha value is -3.84. The van der Waals surface area contributed by atoms with E-state index >= 15 is 0 Å². The third kappa shape index (κ3) is 3.71. The molecule has 0 saturated heterocycles. The Morgan fingerprint density at radius 1 is 0.613 bits per heavy atom. The van der Waals surface area contributed by atoms with Crippen molar-refractivity contribution in [3.8, 4) is 33.4 Å². The first-order valence-corrected chi connectivity index (χ1v) is 10.8. The van der Waals surface area contributed by atoms with E-state index in [1.165, 1.54) is 27.8 Å². The predicted octanol–water partition coefficient (Wildman–Crippen LogP) is 7.87. The van der Waals surface area contributed by atoms with Gasteiger partial charge in [0.25, 0.3) is 0 Å². The van der Waals surface area contributed by atoms with Gasteiger partial charge >= 0.3 is 0 Å². The van der Waals surface area contributed by atoms with Crippen molar-refractivity contribution in [1.29, 1.82) is 0 Å². The Labute approximate surface area is 184 Å². The lowest BCUT2D eigenvalue weighted by atomic mass is 9.79. The van der Waals surface area contributed by atoms with Crippen LogP contribution >= 0.6 is 0 Å². The minimum absolute atomic E-state index is 0.242. The maximum absolute atomic E-state index is 6.97. The van der Waals surface area contributed by atoms with Crippen molar-refractivity contribution >= 4 is 5.69 Å². The maximum Gasteiger partial charge on any atom is 0.0439 e. The first kappa shape index (κ1) is 19.1. The number of anilines is 1. The molecular weight excluding hydrogens is 374 g/mol. The number of hydrogen-bond donors (Lipinski definition) is 1. The lowest BCUT2D eigenvalue weighted by Gasteiger charge is -2.26. The topological polar surface area (TPSA) is 26.0 Å². The Bertz CT molecular complexity index is 1240. The zero-order valence-electron chi connectivity index (χ0n) is 17.4. The highest BCUT2D eigenvalue weighted by molar-refractivity contribution is 5.96. The normalized spacial score (nSPS) is 15.2. The third-order valence-corrected chi connectivity index (χ3v) is 5.99. The molecule has 0 saturated carbocycles. The van der Waals surface area contributed by atoms with Crippen LogP contribution < -0.4 is 5.73 Å². The zero-order valence-corrected chi connectivity index (χ0v) is 17.4. The Morgan fingerprint density at radius 2 is 1.16 bits per heavy atom. The molecule has 0 radical (unpaired) electrons. The second kappa shape index (κ2) is 8.49. The predicted molar refractivity (Wildman–Crippen MR) is 133 cm³/mol. The molecule has 0 heterocycles. The van der Waals surface area contributed by atoms with Gasteiger partial charge in [0.05, 0.1) is 0 Å². The van der Waals surface area contributed by atoms with Crippen LogP contribution in [-0.2, 0) is 0 Å². The standard InChI is InChI=1S/C30H25N/c31-30-27(23-15-7-2-8-16-23)21-26(22-13-5-1-6-14-22)28(24-17-9-3-10-18-24)29(30)25-19-11-4-12-20-25/h1-19,21,25H,20,31H2. The summed E-state index contributed by atoms with van der Waals surface area (Å²) in [5.74, 6) is 0.242. The summed E-state index contributed by atoms with van der Waals surface area (Å²) in [6.07, 6.45) is 9.72. The fourth-order valence-electron chi connectivity index (χ4n) is 4.52. The van der Waals surface area contributed by atoms with Crippen LogP contribution in [0.3, 0.4) is 0 Å². The summed E-state index contributed by atoms with van der Waals surface area (Å²) in [7, 11) is 0. The van der Waals surface area contributed by atoms with Gasteiger partial charge in [-0.1, -0.05) is 115 Å². The number of nitrogen functional groups attached to an aromatic ring is 1. The summed E-state index contributed by atoms with van der Waals surface area (Å²) >= 11 is 0. The van der Waals surface area contributed by atoms with Crippen LogP contribution in [0.15, 0.2) is 121 Å². The quantitative estimate of drug-likeness (QED) is 0.347. The van der Waals surface area contributed by atoms with Crippen LogP contribution in [0.4, 0.5) is 5.69 Å². The fraction of sp³-hybridized carbons (Fsp3) is 0.0667. The largest absolute Gasteiger partial charge is 0.398 e. The number of hydrogen-bond acceptors (Lipinski definition) is 1. The van der Waals surface area contributed by atoms with E-state index in [0.717, 1.165) is 23.2 Å². The molecule has 2 N–H and O–H groups in total. The summed E-state index contributed by atoms with van der Waals surface area (Å²) < 4.78 is 0. The molecule has 0 amide bonds. The molecule has 4 aromatic carbocycles. The second-order valence-electron chi connectivity index (χ2n) is 7.93. The van der Waals surface area contributed by atoms with E-state index < -0.39 is 0 Å². The second-order valence-corrected chi connectivity index (χ2v) is 7.93. The fourth-order valence-corrected chi connectivity index (χ4v) is 4.52. The highest BCUT2D eigenvalue weighted by atomic mass is 14.6. The molecule has 1 aliphatic rings. The maximum atomic E-state index is 6.97. The monoisotopic (exact) mass is 399 g/mol. The van der Waals surface area contributed by atoms with Gasteiger partial charge in [0, 0.05) is 17.2 Å². The molecule has 0 spiro atoms. The first-order chi connectivity index (χ1) is 15.3. The highest BCUT2D eigenvalue weighted by Gasteiger charge is 2.24. The molecule has 0 bridgehead atoms. The lowest BCUT2D eigenvalue weighted by molar-refractivity contribution is 0.859. The molecule has 150 valence electrons. The Balaban J connectivity index is 1.88. The van der Waals surface area contributed by atoms with Gasteiger partial charge in [-0.05, 0) is 45.9 Å². The van der Waals surface area contributed by atoms with Gasteiger partial charge in [-0.3, -0.25) is 0 Å². The van der Waals surface area contributed by atoms with Gasteiger partial charge in [-0.2, -0.15) is 0 Å². The molecule has 0 aromatic heterocycles. The molecule has 1 aliphatic carbocycles. The van der Waals surface area contributed by atoms with Gasteiger partial charge < -0.3 is 5.73 Å². The van der Waals surface area contributed by atoms with Crippen molar-refractivity contribution in [2.24, 2.45) is 0 Å². The van der Waals surface area contributed by atoms with Crippen LogP contribution in [0.5, 0.6) is 0 Å². The first-order valence-electron chi connectivity index (χ1n) is 10.8. The van der Waals surface area contributed by atoms with Crippen molar-refractivity contribution in [2.45, 2.75) is 12.3 Å². The van der Waals surface area contributed by atoms with E-state index in [2.05, 4.69) is 115 Å². The van der Waals surface area contributed by atoms with Gasteiger partial charge in [0.2, 0.25) is 0 Å². The number of nitrogens with two attached hydrogens (primary N) is 1. The number of rotatable bonds is 4. The third-order valence-electron chi connectivity index (χ3n) is 5.99. The molecule has 0 aliphatic heterocycles. The van der Waals surface area contributed by atoms with E-state index in [0.29, 0.717) is 0 Å².